The second-order valence-corrected chi connectivity index (χ2v) is 2.79. The van der Waals surface area contributed by atoms with E-state index in [0.717, 1.165) is 0 Å². The lowest BCUT2D eigenvalue weighted by Gasteiger charge is -1.97. The van der Waals surface area contributed by atoms with Gasteiger partial charge in [-0.2, -0.15) is 0 Å². The van der Waals surface area contributed by atoms with Crippen LogP contribution in [0.25, 0.3) is 11.2 Å². The molecule has 0 atom stereocenters. The Morgan fingerprint density at radius 2 is 2.07 bits per heavy atom. The van der Waals surface area contributed by atoms with E-state index in [4.69, 9.17) is 5.73 Å². The van der Waals surface area contributed by atoms with Gasteiger partial charge in [-0.25, -0.2) is 14.8 Å². The Morgan fingerprint density at radius 3 is 2.71 bits per heavy atom. The minimum Gasteiger partial charge on any atom is -0.364 e. The monoisotopic (exact) mass is 193 g/mol. The summed E-state index contributed by atoms with van der Waals surface area (Å²) in [7, 11) is 0. The SMILES string of the molecule is Cc1nc(C(N)=O)c2[nH]c(=O)[nH]c2n1. The highest BCUT2D eigenvalue weighted by Crippen LogP contribution is 2.08. The summed E-state index contributed by atoms with van der Waals surface area (Å²) >= 11 is 0. The number of H-pyrrole nitrogens is 2. The number of rotatable bonds is 1. The number of primary amides is 1. The Bertz CT molecular complexity index is 567. The van der Waals surface area contributed by atoms with Crippen molar-refractivity contribution in [2.75, 3.05) is 0 Å². The van der Waals surface area contributed by atoms with Gasteiger partial charge in [0.15, 0.2) is 11.3 Å². The number of aromatic nitrogens is 4. The van der Waals surface area contributed by atoms with Gasteiger partial charge in [0.05, 0.1) is 0 Å². The van der Waals surface area contributed by atoms with Gasteiger partial charge in [-0.3, -0.25) is 9.78 Å². The molecular formula is C7H7N5O2. The highest BCUT2D eigenvalue weighted by Gasteiger charge is 2.12. The minimum atomic E-state index is -0.698. The van der Waals surface area contributed by atoms with Gasteiger partial charge in [-0.15, -0.1) is 0 Å². The number of imidazole rings is 1. The van der Waals surface area contributed by atoms with Crippen molar-refractivity contribution in [3.05, 3.63) is 22.0 Å². The number of hydrogen-bond donors (Lipinski definition) is 3. The van der Waals surface area contributed by atoms with Gasteiger partial charge in [0.2, 0.25) is 0 Å². The quantitative estimate of drug-likeness (QED) is 0.541. The van der Waals surface area contributed by atoms with E-state index < -0.39 is 11.6 Å². The fraction of sp³-hybridized carbons (Fsp3) is 0.143. The second-order valence-electron chi connectivity index (χ2n) is 2.79. The molecule has 0 spiro atoms. The predicted octanol–water partition coefficient (Wildman–Crippen LogP) is -0.946. The zero-order chi connectivity index (χ0) is 10.3. The Kier molecular flexibility index (Phi) is 1.60. The summed E-state index contributed by atoms with van der Waals surface area (Å²) in [5.41, 5.74) is 5.20. The van der Waals surface area contributed by atoms with Crippen molar-refractivity contribution in [3.63, 3.8) is 0 Å². The molecule has 2 rings (SSSR count). The lowest BCUT2D eigenvalue weighted by atomic mass is 10.3. The summed E-state index contributed by atoms with van der Waals surface area (Å²) < 4.78 is 0. The van der Waals surface area contributed by atoms with Crippen molar-refractivity contribution in [1.82, 2.24) is 19.9 Å². The molecule has 0 aliphatic rings. The third-order valence-electron chi connectivity index (χ3n) is 1.72. The fourth-order valence-electron chi connectivity index (χ4n) is 1.21. The molecule has 0 bridgehead atoms. The molecule has 4 N–H and O–H groups in total. The molecule has 0 saturated heterocycles. The third-order valence-corrected chi connectivity index (χ3v) is 1.72. The molecule has 0 unspecified atom stereocenters. The first kappa shape index (κ1) is 8.42. The minimum absolute atomic E-state index is 0.0193. The molecule has 7 heteroatoms. The Labute approximate surface area is 77.4 Å². The summed E-state index contributed by atoms with van der Waals surface area (Å²) in [6.07, 6.45) is 0. The summed E-state index contributed by atoms with van der Waals surface area (Å²) in [6, 6.07) is 0. The molecule has 72 valence electrons. The van der Waals surface area contributed by atoms with E-state index in [1.54, 1.807) is 6.92 Å². The maximum atomic E-state index is 11.0. The molecule has 2 aromatic heterocycles. The normalized spacial score (nSPS) is 10.6. The van der Waals surface area contributed by atoms with E-state index in [2.05, 4.69) is 19.9 Å². The molecule has 0 aliphatic carbocycles. The van der Waals surface area contributed by atoms with Crippen LogP contribution in [0.1, 0.15) is 16.3 Å². The molecule has 1 amide bonds. The molecular weight excluding hydrogens is 186 g/mol. The van der Waals surface area contributed by atoms with E-state index >= 15 is 0 Å². The average Bonchev–Trinajstić information content (AvgIpc) is 2.42. The van der Waals surface area contributed by atoms with Crippen LogP contribution < -0.4 is 11.4 Å². The molecule has 2 aromatic rings. The van der Waals surface area contributed by atoms with E-state index in [9.17, 15) is 9.59 Å². The van der Waals surface area contributed by atoms with Gasteiger partial charge in [0, 0.05) is 0 Å². The summed E-state index contributed by atoms with van der Waals surface area (Å²) in [4.78, 5) is 34.5. The highest BCUT2D eigenvalue weighted by atomic mass is 16.1. The van der Waals surface area contributed by atoms with Crippen LogP contribution in [0.3, 0.4) is 0 Å². The van der Waals surface area contributed by atoms with Crippen LogP contribution in [-0.2, 0) is 0 Å². The smallest absolute Gasteiger partial charge is 0.325 e. The van der Waals surface area contributed by atoms with Gasteiger partial charge < -0.3 is 10.7 Å². The zero-order valence-corrected chi connectivity index (χ0v) is 7.29. The van der Waals surface area contributed by atoms with Crippen LogP contribution in [-0.4, -0.2) is 25.8 Å². The van der Waals surface area contributed by atoms with Crippen molar-refractivity contribution in [2.24, 2.45) is 5.73 Å². The maximum absolute atomic E-state index is 11.0. The van der Waals surface area contributed by atoms with Gasteiger partial charge in [-0.1, -0.05) is 0 Å². The number of carbonyl (C=O) groups is 1. The summed E-state index contributed by atoms with van der Waals surface area (Å²) in [5, 5.41) is 0. The van der Waals surface area contributed by atoms with Crippen molar-refractivity contribution >= 4 is 17.1 Å². The van der Waals surface area contributed by atoms with Crippen molar-refractivity contribution in [1.29, 1.82) is 0 Å². The van der Waals surface area contributed by atoms with Crippen LogP contribution in [0, 0.1) is 6.92 Å². The first-order valence-electron chi connectivity index (χ1n) is 3.84. The number of nitrogens with one attached hydrogen (secondary N) is 2. The first-order valence-corrected chi connectivity index (χ1v) is 3.84. The Balaban J connectivity index is 2.92. The number of nitrogens with zero attached hydrogens (tertiary/aromatic N) is 2. The number of fused-ring (bicyclic) bond motifs is 1. The van der Waals surface area contributed by atoms with Gasteiger partial charge >= 0.3 is 5.69 Å². The van der Waals surface area contributed by atoms with Crippen LogP contribution in [0.2, 0.25) is 0 Å². The van der Waals surface area contributed by atoms with Crippen LogP contribution in [0.5, 0.6) is 0 Å². The van der Waals surface area contributed by atoms with Gasteiger partial charge in [-0.05, 0) is 6.92 Å². The molecule has 2 heterocycles. The van der Waals surface area contributed by atoms with E-state index in [0.29, 0.717) is 5.82 Å². The molecule has 0 aromatic carbocycles. The molecule has 0 radical (unpaired) electrons. The van der Waals surface area contributed by atoms with Gasteiger partial charge in [0.1, 0.15) is 11.3 Å². The number of hydrogen-bond acceptors (Lipinski definition) is 4. The number of aryl methyl sites for hydroxylation is 1. The zero-order valence-electron chi connectivity index (χ0n) is 7.29. The summed E-state index contributed by atoms with van der Waals surface area (Å²) in [5.74, 6) is -0.322. The lowest BCUT2D eigenvalue weighted by Crippen LogP contribution is -2.15. The first-order chi connectivity index (χ1) is 6.58. The predicted molar refractivity (Wildman–Crippen MR) is 47.8 cm³/mol. The van der Waals surface area contributed by atoms with Crippen molar-refractivity contribution < 1.29 is 4.79 Å². The molecule has 0 saturated carbocycles. The van der Waals surface area contributed by atoms with E-state index in [1.807, 2.05) is 0 Å². The molecule has 0 fully saturated rings. The van der Waals surface area contributed by atoms with Crippen LogP contribution in [0.4, 0.5) is 0 Å². The number of amides is 1. The topological polar surface area (TPSA) is 118 Å². The average molecular weight is 193 g/mol. The lowest BCUT2D eigenvalue weighted by molar-refractivity contribution is 0.0997. The highest BCUT2D eigenvalue weighted by molar-refractivity contribution is 6.01. The largest absolute Gasteiger partial charge is 0.364 e. The Morgan fingerprint density at radius 1 is 1.36 bits per heavy atom. The second kappa shape index (κ2) is 2.66. The van der Waals surface area contributed by atoms with E-state index in [-0.39, 0.29) is 16.9 Å². The third kappa shape index (κ3) is 1.15. The molecule has 14 heavy (non-hydrogen) atoms. The standard InChI is InChI=1S/C7H7N5O2/c1-2-9-3(5(8)13)4-6(10-2)12-7(14)11-4/h1H3,(H2,8,13)(H2,9,10,11,12,14). The Hall–Kier alpha value is -2.18. The van der Waals surface area contributed by atoms with Crippen LogP contribution >= 0.6 is 0 Å². The maximum Gasteiger partial charge on any atom is 0.325 e. The van der Waals surface area contributed by atoms with Crippen LogP contribution in [0.15, 0.2) is 4.79 Å². The van der Waals surface area contributed by atoms with Crippen molar-refractivity contribution in [2.45, 2.75) is 6.92 Å². The number of carbonyl (C=O) groups excluding carboxylic acids is 1. The molecule has 7 nitrogen and oxygen atoms in total. The molecule has 0 aliphatic heterocycles. The summed E-state index contributed by atoms with van der Waals surface area (Å²) in [6.45, 7) is 1.61. The number of aromatic amines is 2. The number of nitrogens with two attached hydrogens (primary N) is 1. The van der Waals surface area contributed by atoms with E-state index in [1.165, 1.54) is 0 Å². The fourth-order valence-corrected chi connectivity index (χ4v) is 1.21. The van der Waals surface area contributed by atoms with Gasteiger partial charge in [0.25, 0.3) is 5.91 Å². The van der Waals surface area contributed by atoms with Crippen molar-refractivity contribution in [3.8, 4) is 0 Å².